The van der Waals surface area contributed by atoms with Gasteiger partial charge in [0, 0.05) is 24.5 Å². The summed E-state index contributed by atoms with van der Waals surface area (Å²) in [5.41, 5.74) is 0. The molecule has 0 aliphatic carbocycles. The summed E-state index contributed by atoms with van der Waals surface area (Å²) < 4.78 is 0. The van der Waals surface area contributed by atoms with Gasteiger partial charge in [0.15, 0.2) is 0 Å². The molecule has 1 aliphatic heterocycles. The maximum absolute atomic E-state index is 3.52. The van der Waals surface area contributed by atoms with Crippen LogP contribution in [0.15, 0.2) is 17.5 Å². The molecule has 2 rings (SSSR count). The van der Waals surface area contributed by atoms with Gasteiger partial charge < -0.3 is 10.2 Å². The number of hydrogen-bond donors (Lipinski definition) is 1. The first-order valence-electron chi connectivity index (χ1n) is 6.30. The first kappa shape index (κ1) is 12.1. The average Bonchev–Trinajstić information content (AvgIpc) is 2.80. The van der Waals surface area contributed by atoms with E-state index in [0.717, 1.165) is 19.0 Å². The predicted octanol–water partition coefficient (Wildman–Crippen LogP) is 2.57. The quantitative estimate of drug-likeness (QED) is 0.793. The molecule has 2 nitrogen and oxygen atoms in total. The molecule has 0 bridgehead atoms. The van der Waals surface area contributed by atoms with E-state index < -0.39 is 0 Å². The van der Waals surface area contributed by atoms with Crippen LogP contribution in [0.1, 0.15) is 24.6 Å². The molecule has 2 heterocycles. The van der Waals surface area contributed by atoms with Gasteiger partial charge in [0.1, 0.15) is 0 Å². The van der Waals surface area contributed by atoms with Crippen LogP contribution >= 0.6 is 11.3 Å². The van der Waals surface area contributed by atoms with E-state index in [1.54, 1.807) is 0 Å². The Kier molecular flexibility index (Phi) is 4.82. The Balaban J connectivity index is 1.55. The van der Waals surface area contributed by atoms with Crippen LogP contribution in [-0.4, -0.2) is 31.1 Å². The van der Waals surface area contributed by atoms with Crippen molar-refractivity contribution in [3.05, 3.63) is 22.4 Å². The number of nitrogens with zero attached hydrogens (tertiary/aromatic N) is 1. The number of nitrogens with one attached hydrogen (secondary N) is 1. The van der Waals surface area contributed by atoms with E-state index in [1.807, 2.05) is 11.3 Å². The summed E-state index contributed by atoms with van der Waals surface area (Å²) in [5.74, 6) is 0.940. The summed E-state index contributed by atoms with van der Waals surface area (Å²) in [5, 5.41) is 5.66. The lowest BCUT2D eigenvalue weighted by atomic mass is 9.99. The molecular weight excluding hydrogens is 216 g/mol. The third-order valence-corrected chi connectivity index (χ3v) is 4.24. The molecule has 1 saturated heterocycles. The zero-order valence-corrected chi connectivity index (χ0v) is 10.9. The fraction of sp³-hybridized carbons (Fsp3) is 0.692. The highest BCUT2D eigenvalue weighted by molar-refractivity contribution is 7.09. The van der Waals surface area contributed by atoms with Crippen molar-refractivity contribution in [3.8, 4) is 0 Å². The van der Waals surface area contributed by atoms with Crippen LogP contribution in [0.4, 0.5) is 0 Å². The van der Waals surface area contributed by atoms with Gasteiger partial charge in [-0.3, -0.25) is 0 Å². The molecule has 0 amide bonds. The number of hydrogen-bond acceptors (Lipinski definition) is 3. The summed E-state index contributed by atoms with van der Waals surface area (Å²) in [7, 11) is 0. The standard InChI is InChI=1S/C13H22N2S/c1-12-4-7-15(8-5-12)9-6-14-11-13-3-2-10-16-13/h2-3,10,12,14H,4-9,11H2,1H3. The van der Waals surface area contributed by atoms with Gasteiger partial charge in [-0.1, -0.05) is 13.0 Å². The van der Waals surface area contributed by atoms with Crippen molar-refractivity contribution in [3.63, 3.8) is 0 Å². The fourth-order valence-electron chi connectivity index (χ4n) is 2.15. The Morgan fingerprint density at radius 3 is 2.94 bits per heavy atom. The number of thiophene rings is 1. The summed E-state index contributed by atoms with van der Waals surface area (Å²) in [6.45, 7) is 8.31. The zero-order chi connectivity index (χ0) is 11.2. The Morgan fingerprint density at radius 2 is 2.25 bits per heavy atom. The third-order valence-electron chi connectivity index (χ3n) is 3.36. The normalized spacial score (nSPS) is 19.1. The third kappa shape index (κ3) is 3.89. The number of likely N-dealkylation sites (tertiary alicyclic amines) is 1. The van der Waals surface area contributed by atoms with E-state index in [-0.39, 0.29) is 0 Å². The highest BCUT2D eigenvalue weighted by atomic mass is 32.1. The first-order valence-corrected chi connectivity index (χ1v) is 7.18. The van der Waals surface area contributed by atoms with Crippen molar-refractivity contribution in [2.75, 3.05) is 26.2 Å². The second-order valence-electron chi connectivity index (χ2n) is 4.78. The fourth-order valence-corrected chi connectivity index (χ4v) is 2.82. The van der Waals surface area contributed by atoms with Crippen LogP contribution in [-0.2, 0) is 6.54 Å². The van der Waals surface area contributed by atoms with Gasteiger partial charge in [0.25, 0.3) is 0 Å². The molecule has 0 unspecified atom stereocenters. The molecule has 3 heteroatoms. The Labute approximate surface area is 103 Å². The Hall–Kier alpha value is -0.380. The molecule has 1 aromatic rings. The highest BCUT2D eigenvalue weighted by Crippen LogP contribution is 2.15. The minimum absolute atomic E-state index is 0.940. The van der Waals surface area contributed by atoms with E-state index >= 15 is 0 Å². The predicted molar refractivity (Wildman–Crippen MR) is 70.9 cm³/mol. The molecule has 0 atom stereocenters. The minimum atomic E-state index is 0.940. The smallest absolute Gasteiger partial charge is 0.0300 e. The first-order chi connectivity index (χ1) is 7.84. The molecule has 0 radical (unpaired) electrons. The maximum atomic E-state index is 3.52. The topological polar surface area (TPSA) is 15.3 Å². The monoisotopic (exact) mass is 238 g/mol. The average molecular weight is 238 g/mol. The van der Waals surface area contributed by atoms with E-state index in [4.69, 9.17) is 0 Å². The molecular formula is C13H22N2S. The van der Waals surface area contributed by atoms with Crippen molar-refractivity contribution in [2.45, 2.75) is 26.3 Å². The molecule has 90 valence electrons. The number of piperidine rings is 1. The van der Waals surface area contributed by atoms with Gasteiger partial charge in [-0.15, -0.1) is 11.3 Å². The minimum Gasteiger partial charge on any atom is -0.311 e. The van der Waals surface area contributed by atoms with Crippen molar-refractivity contribution in [1.82, 2.24) is 10.2 Å². The van der Waals surface area contributed by atoms with E-state index in [0.29, 0.717) is 0 Å². The van der Waals surface area contributed by atoms with Crippen molar-refractivity contribution in [1.29, 1.82) is 0 Å². The summed E-state index contributed by atoms with van der Waals surface area (Å²) >= 11 is 1.83. The van der Waals surface area contributed by atoms with Crippen molar-refractivity contribution < 1.29 is 0 Å². The zero-order valence-electron chi connectivity index (χ0n) is 10.1. The Bertz CT molecular complexity index is 276. The Morgan fingerprint density at radius 1 is 1.44 bits per heavy atom. The lowest BCUT2D eigenvalue weighted by Crippen LogP contribution is -2.37. The summed E-state index contributed by atoms with van der Waals surface area (Å²) in [6, 6.07) is 4.31. The largest absolute Gasteiger partial charge is 0.311 e. The van der Waals surface area contributed by atoms with Gasteiger partial charge in [0.05, 0.1) is 0 Å². The van der Waals surface area contributed by atoms with E-state index in [9.17, 15) is 0 Å². The molecule has 1 fully saturated rings. The van der Waals surface area contributed by atoms with E-state index in [1.165, 1.54) is 37.4 Å². The molecule has 0 saturated carbocycles. The summed E-state index contributed by atoms with van der Waals surface area (Å²) in [4.78, 5) is 4.02. The second-order valence-corrected chi connectivity index (χ2v) is 5.81. The highest BCUT2D eigenvalue weighted by Gasteiger charge is 2.14. The van der Waals surface area contributed by atoms with Gasteiger partial charge in [-0.05, 0) is 43.3 Å². The second kappa shape index (κ2) is 6.38. The SMILES string of the molecule is CC1CCN(CCNCc2cccs2)CC1. The van der Waals surface area contributed by atoms with Crippen LogP contribution in [0, 0.1) is 5.92 Å². The van der Waals surface area contributed by atoms with Crippen LogP contribution in [0.5, 0.6) is 0 Å². The van der Waals surface area contributed by atoms with Crippen molar-refractivity contribution in [2.24, 2.45) is 5.92 Å². The van der Waals surface area contributed by atoms with Gasteiger partial charge in [-0.25, -0.2) is 0 Å². The van der Waals surface area contributed by atoms with Crippen LogP contribution < -0.4 is 5.32 Å². The number of rotatable bonds is 5. The maximum Gasteiger partial charge on any atom is 0.0300 e. The molecule has 0 spiro atoms. The van der Waals surface area contributed by atoms with Gasteiger partial charge >= 0.3 is 0 Å². The summed E-state index contributed by atoms with van der Waals surface area (Å²) in [6.07, 6.45) is 2.76. The van der Waals surface area contributed by atoms with Gasteiger partial charge in [0.2, 0.25) is 0 Å². The lowest BCUT2D eigenvalue weighted by molar-refractivity contribution is 0.193. The van der Waals surface area contributed by atoms with Crippen molar-refractivity contribution >= 4 is 11.3 Å². The molecule has 16 heavy (non-hydrogen) atoms. The molecule has 0 aromatic carbocycles. The van der Waals surface area contributed by atoms with Crippen LogP contribution in [0.25, 0.3) is 0 Å². The molecule has 1 N–H and O–H groups in total. The van der Waals surface area contributed by atoms with Crippen LogP contribution in [0.2, 0.25) is 0 Å². The lowest BCUT2D eigenvalue weighted by Gasteiger charge is -2.30. The molecule has 1 aromatic heterocycles. The molecule has 1 aliphatic rings. The van der Waals surface area contributed by atoms with Crippen LogP contribution in [0.3, 0.4) is 0 Å². The van der Waals surface area contributed by atoms with Gasteiger partial charge in [-0.2, -0.15) is 0 Å². The van der Waals surface area contributed by atoms with E-state index in [2.05, 4.69) is 34.7 Å².